The summed E-state index contributed by atoms with van der Waals surface area (Å²) in [5.41, 5.74) is 0. The van der Waals surface area contributed by atoms with E-state index in [4.69, 9.17) is 4.74 Å². The zero-order valence-electron chi connectivity index (χ0n) is 9.03. The van der Waals surface area contributed by atoms with E-state index in [9.17, 15) is 0 Å². The van der Waals surface area contributed by atoms with Gasteiger partial charge in [-0.25, -0.2) is 9.67 Å². The van der Waals surface area contributed by atoms with Crippen molar-refractivity contribution in [1.29, 1.82) is 0 Å². The molecule has 14 heavy (non-hydrogen) atoms. The molecule has 1 N–H and O–H groups in total. The molecule has 1 atom stereocenters. The maximum absolute atomic E-state index is 5.12. The first-order valence-corrected chi connectivity index (χ1v) is 4.88. The first kappa shape index (κ1) is 11.1. The molecule has 5 nitrogen and oxygen atoms in total. The van der Waals surface area contributed by atoms with Crippen LogP contribution in [0.25, 0.3) is 0 Å². The first-order valence-electron chi connectivity index (χ1n) is 4.88. The minimum atomic E-state index is 0.230. The SMILES string of the molecule is CCn1ncnc1CNCC(C)OC. The van der Waals surface area contributed by atoms with Crippen molar-refractivity contribution in [2.45, 2.75) is 33.0 Å². The largest absolute Gasteiger partial charge is 0.380 e. The molecule has 0 radical (unpaired) electrons. The topological polar surface area (TPSA) is 52.0 Å². The van der Waals surface area contributed by atoms with Crippen molar-refractivity contribution in [3.05, 3.63) is 12.2 Å². The first-order chi connectivity index (χ1) is 6.77. The molecule has 0 saturated carbocycles. The second kappa shape index (κ2) is 5.72. The van der Waals surface area contributed by atoms with Gasteiger partial charge in [0.15, 0.2) is 0 Å². The Bertz CT molecular complexity index is 261. The Morgan fingerprint density at radius 3 is 3.07 bits per heavy atom. The van der Waals surface area contributed by atoms with Crippen molar-refractivity contribution in [1.82, 2.24) is 20.1 Å². The van der Waals surface area contributed by atoms with Gasteiger partial charge in [0.2, 0.25) is 0 Å². The number of hydrogen-bond acceptors (Lipinski definition) is 4. The molecule has 5 heteroatoms. The highest BCUT2D eigenvalue weighted by atomic mass is 16.5. The summed E-state index contributed by atoms with van der Waals surface area (Å²) in [4.78, 5) is 4.16. The number of nitrogens with zero attached hydrogens (tertiary/aromatic N) is 3. The van der Waals surface area contributed by atoms with Crippen LogP contribution in [0.2, 0.25) is 0 Å². The lowest BCUT2D eigenvalue weighted by Gasteiger charge is -2.10. The summed E-state index contributed by atoms with van der Waals surface area (Å²) in [5.74, 6) is 0.968. The Labute approximate surface area is 84.5 Å². The van der Waals surface area contributed by atoms with Gasteiger partial charge >= 0.3 is 0 Å². The summed E-state index contributed by atoms with van der Waals surface area (Å²) in [7, 11) is 1.71. The molecule has 0 aliphatic rings. The fourth-order valence-corrected chi connectivity index (χ4v) is 1.16. The highest BCUT2D eigenvalue weighted by Crippen LogP contribution is 1.93. The van der Waals surface area contributed by atoms with Crippen molar-refractivity contribution < 1.29 is 4.74 Å². The van der Waals surface area contributed by atoms with Gasteiger partial charge < -0.3 is 10.1 Å². The van der Waals surface area contributed by atoms with Crippen LogP contribution in [0.5, 0.6) is 0 Å². The van der Waals surface area contributed by atoms with E-state index in [-0.39, 0.29) is 6.10 Å². The van der Waals surface area contributed by atoms with Crippen LogP contribution in [-0.2, 0) is 17.8 Å². The summed E-state index contributed by atoms with van der Waals surface area (Å²) >= 11 is 0. The van der Waals surface area contributed by atoms with Gasteiger partial charge in [-0.2, -0.15) is 5.10 Å². The van der Waals surface area contributed by atoms with Gasteiger partial charge in [-0.05, 0) is 13.8 Å². The smallest absolute Gasteiger partial charge is 0.140 e. The predicted octanol–water partition coefficient (Wildman–Crippen LogP) is 0.422. The zero-order chi connectivity index (χ0) is 10.4. The molecule has 0 fully saturated rings. The van der Waals surface area contributed by atoms with Crippen LogP contribution in [0.4, 0.5) is 0 Å². The van der Waals surface area contributed by atoms with Gasteiger partial charge in [-0.15, -0.1) is 0 Å². The number of hydrogen-bond donors (Lipinski definition) is 1. The minimum Gasteiger partial charge on any atom is -0.380 e. The Morgan fingerprint density at radius 2 is 2.43 bits per heavy atom. The highest BCUT2D eigenvalue weighted by molar-refractivity contribution is 4.83. The van der Waals surface area contributed by atoms with E-state index in [1.54, 1.807) is 13.4 Å². The van der Waals surface area contributed by atoms with Crippen LogP contribution < -0.4 is 5.32 Å². The maximum Gasteiger partial charge on any atom is 0.140 e. The Balaban J connectivity index is 2.31. The third kappa shape index (κ3) is 3.08. The lowest BCUT2D eigenvalue weighted by molar-refractivity contribution is 0.116. The van der Waals surface area contributed by atoms with Crippen molar-refractivity contribution in [2.75, 3.05) is 13.7 Å². The van der Waals surface area contributed by atoms with Gasteiger partial charge in [0.1, 0.15) is 12.2 Å². The molecule has 0 aromatic carbocycles. The second-order valence-corrected chi connectivity index (χ2v) is 3.17. The summed E-state index contributed by atoms with van der Waals surface area (Å²) in [5, 5.41) is 7.35. The Morgan fingerprint density at radius 1 is 1.64 bits per heavy atom. The molecule has 0 aliphatic carbocycles. The molecular formula is C9H18N4O. The standard InChI is InChI=1S/C9H18N4O/c1-4-13-9(11-7-12-13)6-10-5-8(2)14-3/h7-8,10H,4-6H2,1-3H3. The molecule has 1 heterocycles. The van der Waals surface area contributed by atoms with Crippen LogP contribution in [0.15, 0.2) is 6.33 Å². The van der Waals surface area contributed by atoms with Crippen LogP contribution in [0.3, 0.4) is 0 Å². The lowest BCUT2D eigenvalue weighted by Crippen LogP contribution is -2.26. The number of nitrogens with one attached hydrogen (secondary N) is 1. The quantitative estimate of drug-likeness (QED) is 0.720. The van der Waals surface area contributed by atoms with Crippen LogP contribution in [-0.4, -0.2) is 34.5 Å². The van der Waals surface area contributed by atoms with Crippen LogP contribution in [0, 0.1) is 0 Å². The van der Waals surface area contributed by atoms with E-state index in [0.29, 0.717) is 0 Å². The van der Waals surface area contributed by atoms with E-state index < -0.39 is 0 Å². The van der Waals surface area contributed by atoms with E-state index in [2.05, 4.69) is 22.3 Å². The van der Waals surface area contributed by atoms with E-state index in [0.717, 1.165) is 25.5 Å². The fourth-order valence-electron chi connectivity index (χ4n) is 1.16. The molecule has 0 saturated heterocycles. The monoisotopic (exact) mass is 198 g/mol. The molecule has 1 aromatic heterocycles. The van der Waals surface area contributed by atoms with Gasteiger partial charge in [-0.1, -0.05) is 0 Å². The average Bonchev–Trinajstić information content (AvgIpc) is 2.65. The van der Waals surface area contributed by atoms with Crippen molar-refractivity contribution in [2.24, 2.45) is 0 Å². The van der Waals surface area contributed by atoms with Crippen LogP contribution in [0.1, 0.15) is 19.7 Å². The van der Waals surface area contributed by atoms with Gasteiger partial charge in [0.25, 0.3) is 0 Å². The molecule has 1 unspecified atom stereocenters. The normalized spacial score (nSPS) is 13.1. The van der Waals surface area contributed by atoms with Gasteiger partial charge in [0, 0.05) is 20.2 Å². The zero-order valence-corrected chi connectivity index (χ0v) is 9.03. The number of ether oxygens (including phenoxy) is 1. The van der Waals surface area contributed by atoms with Gasteiger partial charge in [0.05, 0.1) is 12.6 Å². The summed E-state index contributed by atoms with van der Waals surface area (Å²) in [6, 6.07) is 0. The number of aromatic nitrogens is 3. The van der Waals surface area contributed by atoms with E-state index in [1.807, 2.05) is 11.6 Å². The minimum absolute atomic E-state index is 0.230. The molecular weight excluding hydrogens is 180 g/mol. The maximum atomic E-state index is 5.12. The predicted molar refractivity (Wildman–Crippen MR) is 53.9 cm³/mol. The van der Waals surface area contributed by atoms with Crippen molar-refractivity contribution in [3.63, 3.8) is 0 Å². The molecule has 1 rings (SSSR count). The fraction of sp³-hybridized carbons (Fsp3) is 0.778. The average molecular weight is 198 g/mol. The summed E-state index contributed by atoms with van der Waals surface area (Å²) in [6.07, 6.45) is 1.81. The van der Waals surface area contributed by atoms with Crippen molar-refractivity contribution >= 4 is 0 Å². The highest BCUT2D eigenvalue weighted by Gasteiger charge is 2.03. The molecule has 0 amide bonds. The van der Waals surface area contributed by atoms with Crippen LogP contribution >= 0.6 is 0 Å². The third-order valence-electron chi connectivity index (χ3n) is 2.11. The Hall–Kier alpha value is -0.940. The summed E-state index contributed by atoms with van der Waals surface area (Å²) in [6.45, 7) is 6.50. The molecule has 0 bridgehead atoms. The van der Waals surface area contributed by atoms with Gasteiger partial charge in [-0.3, -0.25) is 0 Å². The Kier molecular flexibility index (Phi) is 4.55. The van der Waals surface area contributed by atoms with E-state index >= 15 is 0 Å². The summed E-state index contributed by atoms with van der Waals surface area (Å²) < 4.78 is 7.00. The molecule has 80 valence electrons. The van der Waals surface area contributed by atoms with E-state index in [1.165, 1.54) is 0 Å². The third-order valence-corrected chi connectivity index (χ3v) is 2.11. The number of methoxy groups -OCH3 is 1. The number of aryl methyl sites for hydroxylation is 1. The lowest BCUT2D eigenvalue weighted by atomic mass is 10.4. The molecule has 0 aliphatic heterocycles. The molecule has 1 aromatic rings. The second-order valence-electron chi connectivity index (χ2n) is 3.17. The van der Waals surface area contributed by atoms with Crippen molar-refractivity contribution in [3.8, 4) is 0 Å². The number of rotatable bonds is 6. The molecule has 0 spiro atoms.